The molecule has 158 valence electrons. The lowest BCUT2D eigenvalue weighted by molar-refractivity contribution is -0.137. The van der Waals surface area contributed by atoms with Gasteiger partial charge in [-0.25, -0.2) is 0 Å². The van der Waals surface area contributed by atoms with Gasteiger partial charge in [0.25, 0.3) is 11.1 Å². The average Bonchev–Trinajstić information content (AvgIpc) is 3.15. The van der Waals surface area contributed by atoms with Gasteiger partial charge in [-0.15, -0.1) is 10.2 Å². The number of hydrogen-bond acceptors (Lipinski definition) is 6. The number of rotatable bonds is 7. The topological polar surface area (TPSA) is 77.2 Å². The number of thioether (sulfide) groups is 1. The summed E-state index contributed by atoms with van der Waals surface area (Å²) in [5.74, 6) is 0.320. The van der Waals surface area contributed by atoms with Crippen molar-refractivity contribution in [3.8, 4) is 5.75 Å². The molecule has 2 aromatic carbocycles. The molecule has 0 aliphatic rings. The maximum absolute atomic E-state index is 12.7. The van der Waals surface area contributed by atoms with Crippen molar-refractivity contribution in [1.29, 1.82) is 0 Å². The quantitative estimate of drug-likeness (QED) is 0.524. The second-order valence-electron chi connectivity index (χ2n) is 6.41. The number of carbonyl (C=O) groups is 1. The maximum Gasteiger partial charge on any atom is 0.416 e. The van der Waals surface area contributed by atoms with Crippen molar-refractivity contribution in [2.75, 3.05) is 11.1 Å². The molecule has 0 spiro atoms. The summed E-state index contributed by atoms with van der Waals surface area (Å²) in [5, 5.41) is 10.2. The Labute approximate surface area is 174 Å². The molecule has 1 N–H and O–H groups in total. The number of amides is 1. The minimum Gasteiger partial charge on any atom is -0.484 e. The molecule has 0 fully saturated rings. The lowest BCUT2D eigenvalue weighted by Crippen LogP contribution is -2.15. The highest BCUT2D eigenvalue weighted by atomic mass is 32.2. The van der Waals surface area contributed by atoms with Crippen molar-refractivity contribution in [3.63, 3.8) is 0 Å². The maximum atomic E-state index is 12.7. The minimum atomic E-state index is -4.48. The predicted molar refractivity (Wildman–Crippen MR) is 105 cm³/mol. The SMILES string of the molecule is Cc1ccc(OCc2nnc(SCC(=O)Nc3cccc(C(F)(F)F)c3)o2)cc1C. The van der Waals surface area contributed by atoms with E-state index in [1.807, 2.05) is 32.0 Å². The van der Waals surface area contributed by atoms with E-state index in [9.17, 15) is 18.0 Å². The Morgan fingerprint density at radius 2 is 1.93 bits per heavy atom. The molecule has 30 heavy (non-hydrogen) atoms. The van der Waals surface area contributed by atoms with Crippen molar-refractivity contribution in [2.24, 2.45) is 0 Å². The van der Waals surface area contributed by atoms with E-state index in [-0.39, 0.29) is 29.2 Å². The van der Waals surface area contributed by atoms with E-state index < -0.39 is 17.6 Å². The summed E-state index contributed by atoms with van der Waals surface area (Å²) in [4.78, 5) is 12.0. The summed E-state index contributed by atoms with van der Waals surface area (Å²) in [6, 6.07) is 10.1. The molecule has 1 aromatic heterocycles. The standard InChI is InChI=1S/C20H18F3N3O3S/c1-12-6-7-16(8-13(12)2)28-10-18-25-26-19(29-18)30-11-17(27)24-15-5-3-4-14(9-15)20(21,22)23/h3-9H,10-11H2,1-2H3,(H,24,27). The average molecular weight is 437 g/mol. The molecule has 6 nitrogen and oxygen atoms in total. The van der Waals surface area contributed by atoms with Crippen molar-refractivity contribution in [2.45, 2.75) is 31.9 Å². The number of alkyl halides is 3. The molecule has 0 aliphatic heterocycles. The molecule has 3 rings (SSSR count). The van der Waals surface area contributed by atoms with Crippen LogP contribution >= 0.6 is 11.8 Å². The second kappa shape index (κ2) is 9.21. The number of hydrogen-bond donors (Lipinski definition) is 1. The van der Waals surface area contributed by atoms with E-state index in [4.69, 9.17) is 9.15 Å². The first kappa shape index (κ1) is 21.7. The molecule has 10 heteroatoms. The Bertz CT molecular complexity index is 1040. The summed E-state index contributed by atoms with van der Waals surface area (Å²) in [5.41, 5.74) is 1.48. The van der Waals surface area contributed by atoms with Gasteiger partial charge in [0.15, 0.2) is 6.61 Å². The Hall–Kier alpha value is -3.01. The van der Waals surface area contributed by atoms with Crippen molar-refractivity contribution < 1.29 is 27.1 Å². The van der Waals surface area contributed by atoms with E-state index in [2.05, 4.69) is 15.5 Å². The van der Waals surface area contributed by atoms with E-state index in [0.29, 0.717) is 5.75 Å². The first-order chi connectivity index (χ1) is 14.2. The van der Waals surface area contributed by atoms with Gasteiger partial charge in [0.2, 0.25) is 5.91 Å². The minimum absolute atomic E-state index is 0.0587. The van der Waals surface area contributed by atoms with Gasteiger partial charge in [-0.1, -0.05) is 23.9 Å². The Morgan fingerprint density at radius 3 is 2.67 bits per heavy atom. The zero-order valence-corrected chi connectivity index (χ0v) is 16.9. The number of nitrogens with zero attached hydrogens (tertiary/aromatic N) is 2. The van der Waals surface area contributed by atoms with Gasteiger partial charge < -0.3 is 14.5 Å². The summed E-state index contributed by atoms with van der Waals surface area (Å²) in [7, 11) is 0. The molecule has 0 atom stereocenters. The van der Waals surface area contributed by atoms with Crippen LogP contribution in [0.3, 0.4) is 0 Å². The molecular formula is C20H18F3N3O3S. The third-order valence-electron chi connectivity index (χ3n) is 4.09. The van der Waals surface area contributed by atoms with Gasteiger partial charge in [0, 0.05) is 5.69 Å². The Balaban J connectivity index is 1.49. The number of carbonyl (C=O) groups excluding carboxylic acids is 1. The normalized spacial score (nSPS) is 11.4. The fourth-order valence-electron chi connectivity index (χ4n) is 2.40. The van der Waals surface area contributed by atoms with Crippen LogP contribution in [-0.2, 0) is 17.6 Å². The smallest absolute Gasteiger partial charge is 0.416 e. The van der Waals surface area contributed by atoms with Gasteiger partial charge >= 0.3 is 6.18 Å². The van der Waals surface area contributed by atoms with Crippen LogP contribution in [0.5, 0.6) is 5.75 Å². The molecule has 1 heterocycles. The number of aryl methyl sites for hydroxylation is 2. The molecule has 0 saturated carbocycles. The number of ether oxygens (including phenoxy) is 1. The van der Waals surface area contributed by atoms with Crippen LogP contribution in [-0.4, -0.2) is 21.9 Å². The van der Waals surface area contributed by atoms with Crippen LogP contribution in [0.2, 0.25) is 0 Å². The highest BCUT2D eigenvalue weighted by molar-refractivity contribution is 7.99. The fourth-order valence-corrected chi connectivity index (χ4v) is 2.98. The highest BCUT2D eigenvalue weighted by Gasteiger charge is 2.30. The molecule has 0 radical (unpaired) electrons. The van der Waals surface area contributed by atoms with Crippen LogP contribution in [0, 0.1) is 13.8 Å². The third kappa shape index (κ3) is 5.99. The van der Waals surface area contributed by atoms with Crippen molar-refractivity contribution in [1.82, 2.24) is 10.2 Å². The lowest BCUT2D eigenvalue weighted by atomic mass is 10.1. The first-order valence-electron chi connectivity index (χ1n) is 8.83. The van der Waals surface area contributed by atoms with E-state index in [1.165, 1.54) is 12.1 Å². The van der Waals surface area contributed by atoms with E-state index in [0.717, 1.165) is 35.0 Å². The van der Waals surface area contributed by atoms with Crippen LogP contribution in [0.25, 0.3) is 0 Å². The molecule has 0 aliphatic carbocycles. The molecule has 0 unspecified atom stereocenters. The second-order valence-corrected chi connectivity index (χ2v) is 7.34. The molecule has 0 bridgehead atoms. The predicted octanol–water partition coefficient (Wildman–Crippen LogP) is 5.02. The molecule has 1 amide bonds. The summed E-state index contributed by atoms with van der Waals surface area (Å²) >= 11 is 0.974. The monoisotopic (exact) mass is 437 g/mol. The number of nitrogens with one attached hydrogen (secondary N) is 1. The molecule has 3 aromatic rings. The van der Waals surface area contributed by atoms with Crippen LogP contribution in [0.4, 0.5) is 18.9 Å². The number of anilines is 1. The van der Waals surface area contributed by atoms with Crippen molar-refractivity contribution in [3.05, 3.63) is 65.0 Å². The zero-order chi connectivity index (χ0) is 21.7. The van der Waals surface area contributed by atoms with Gasteiger partial charge in [-0.3, -0.25) is 4.79 Å². The number of aromatic nitrogens is 2. The van der Waals surface area contributed by atoms with Crippen molar-refractivity contribution >= 4 is 23.4 Å². The van der Waals surface area contributed by atoms with Crippen LogP contribution in [0.15, 0.2) is 52.1 Å². The lowest BCUT2D eigenvalue weighted by Gasteiger charge is -2.09. The van der Waals surface area contributed by atoms with Crippen LogP contribution in [0.1, 0.15) is 22.6 Å². The Morgan fingerprint density at radius 1 is 1.13 bits per heavy atom. The largest absolute Gasteiger partial charge is 0.484 e. The summed E-state index contributed by atoms with van der Waals surface area (Å²) in [6.45, 7) is 4.06. The Kier molecular flexibility index (Phi) is 6.66. The summed E-state index contributed by atoms with van der Waals surface area (Å²) < 4.78 is 49.2. The summed E-state index contributed by atoms with van der Waals surface area (Å²) in [6.07, 6.45) is -4.48. The third-order valence-corrected chi connectivity index (χ3v) is 4.91. The van der Waals surface area contributed by atoms with E-state index in [1.54, 1.807) is 0 Å². The zero-order valence-electron chi connectivity index (χ0n) is 16.1. The highest BCUT2D eigenvalue weighted by Crippen LogP contribution is 2.30. The molecule has 0 saturated heterocycles. The first-order valence-corrected chi connectivity index (χ1v) is 9.81. The fraction of sp³-hybridized carbons (Fsp3) is 0.250. The molecular weight excluding hydrogens is 419 g/mol. The van der Waals surface area contributed by atoms with Crippen LogP contribution < -0.4 is 10.1 Å². The number of halogens is 3. The van der Waals surface area contributed by atoms with E-state index >= 15 is 0 Å². The number of benzene rings is 2. The van der Waals surface area contributed by atoms with Gasteiger partial charge in [0.1, 0.15) is 5.75 Å². The van der Waals surface area contributed by atoms with Gasteiger partial charge in [-0.05, 0) is 55.3 Å². The van der Waals surface area contributed by atoms with Gasteiger partial charge in [0.05, 0.1) is 11.3 Å². The van der Waals surface area contributed by atoms with Gasteiger partial charge in [-0.2, -0.15) is 13.2 Å².